The minimum atomic E-state index is -3.31. The van der Waals surface area contributed by atoms with Gasteiger partial charge >= 0.3 is 6.09 Å². The monoisotopic (exact) mass is 234 g/mol. The predicted molar refractivity (Wildman–Crippen MR) is 59.7 cm³/mol. The molecule has 1 amide bonds. The van der Waals surface area contributed by atoms with Crippen molar-refractivity contribution in [2.75, 3.05) is 13.1 Å². The average molecular weight is 234 g/mol. The number of nitrogens with one attached hydrogen (secondary N) is 1. The van der Waals surface area contributed by atoms with Crippen LogP contribution in [0, 0.1) is 13.7 Å². The lowest BCUT2D eigenvalue weighted by atomic mass is 10.1. The highest BCUT2D eigenvalue weighted by Crippen LogP contribution is 2.16. The Morgan fingerprint density at radius 2 is 2.50 bits per heavy atom. The summed E-state index contributed by atoms with van der Waals surface area (Å²) in [6.07, 6.45) is -4.19. The molecule has 4 heteroatoms. The Balaban J connectivity index is 2.71. The van der Waals surface area contributed by atoms with Crippen LogP contribution >= 0.6 is 0 Å². The molecule has 1 aromatic carbocycles. The standard InChI is InChI=1S/C12H15NO3/c1-8-3-9(2)5-10(4-8)15-7-11-6-13-12(14)16-11/h3-5,11H,6-7H2,1-2H3,(H,13,14)/i1D3,2D3,3D,4D,5D,7D2,11D/hD. The number of amides is 1. The summed E-state index contributed by atoms with van der Waals surface area (Å²) in [7, 11) is 0. The second-order valence-electron chi connectivity index (χ2n) is 2.77. The molecule has 1 N–H and O–H groups in total. The van der Waals surface area contributed by atoms with Crippen molar-refractivity contribution in [3.8, 4) is 5.75 Å². The van der Waals surface area contributed by atoms with E-state index in [0.717, 1.165) is 0 Å². The SMILES string of the molecule is [2H]c1c(OC([2H])([2H])C2([2H])CN([2H])C(=O)O2)c([2H])c(C([2H])([2H])[2H])c([2H])c1C([2H])([2H])[2H]. The Labute approximate surface area is 113 Å². The molecular weight excluding hydrogens is 206 g/mol. The van der Waals surface area contributed by atoms with Gasteiger partial charge in [-0.3, -0.25) is 0 Å². The molecule has 0 aromatic heterocycles. The third-order valence-electron chi connectivity index (χ3n) is 1.56. The summed E-state index contributed by atoms with van der Waals surface area (Å²) in [6.45, 7) is -10.6. The van der Waals surface area contributed by atoms with Crippen molar-refractivity contribution in [3.63, 3.8) is 0 Å². The van der Waals surface area contributed by atoms with Crippen molar-refractivity contribution in [2.45, 2.75) is 19.8 Å². The summed E-state index contributed by atoms with van der Waals surface area (Å²) in [4.78, 5) is 11.4. The number of ether oxygens (including phenoxy) is 2. The Bertz CT molecular complexity index is 808. The minimum absolute atomic E-state index is 0.131. The molecule has 0 radical (unpaired) electrons. The molecule has 1 atom stereocenters. The molecule has 0 saturated carbocycles. The molecule has 16 heavy (non-hydrogen) atoms. The van der Waals surface area contributed by atoms with Gasteiger partial charge in [0.05, 0.1) is 14.8 Å². The lowest BCUT2D eigenvalue weighted by Gasteiger charge is -2.11. The maximum absolute atomic E-state index is 11.4. The Kier molecular flexibility index (Phi) is 0.873. The van der Waals surface area contributed by atoms with Crippen LogP contribution in [-0.2, 0) is 4.74 Å². The Hall–Kier alpha value is -1.71. The van der Waals surface area contributed by atoms with Crippen molar-refractivity contribution in [3.05, 3.63) is 29.3 Å². The third-order valence-corrected chi connectivity index (χ3v) is 1.56. The molecule has 1 aliphatic heterocycles. The third kappa shape index (κ3) is 2.66. The molecule has 0 bridgehead atoms. The Morgan fingerprint density at radius 1 is 1.75 bits per heavy atom. The molecule has 1 fully saturated rings. The lowest BCUT2D eigenvalue weighted by molar-refractivity contribution is 0.105. The number of cyclic esters (lactones) is 1. The fraction of sp³-hybridized carbons (Fsp3) is 0.417. The van der Waals surface area contributed by atoms with Gasteiger partial charge in [-0.2, -0.15) is 0 Å². The number of carbonyl (C=O) groups is 1. The molecule has 1 aliphatic rings. The topological polar surface area (TPSA) is 47.6 Å². The first kappa shape index (κ1) is 3.15. The van der Waals surface area contributed by atoms with Crippen LogP contribution in [0.3, 0.4) is 0 Å². The zero-order valence-corrected chi connectivity index (χ0v) is 7.88. The highest BCUT2D eigenvalue weighted by atomic mass is 16.6. The fourth-order valence-electron chi connectivity index (χ4n) is 0.964. The van der Waals surface area contributed by atoms with Gasteiger partial charge in [-0.15, -0.1) is 0 Å². The van der Waals surface area contributed by atoms with E-state index in [1.807, 2.05) is 0 Å². The number of hydrogen-bond acceptors (Lipinski definition) is 3. The van der Waals surface area contributed by atoms with Crippen LogP contribution in [0.2, 0.25) is 1.41 Å². The molecule has 1 saturated heterocycles. The summed E-state index contributed by atoms with van der Waals surface area (Å²) < 4.78 is 109. The maximum atomic E-state index is 11.4. The molecule has 0 aliphatic carbocycles. The van der Waals surface area contributed by atoms with E-state index in [-0.39, 0.29) is 5.31 Å². The van der Waals surface area contributed by atoms with E-state index < -0.39 is 74.0 Å². The van der Waals surface area contributed by atoms with Crippen LogP contribution in [-0.4, -0.2) is 25.3 Å². The van der Waals surface area contributed by atoms with Crippen LogP contribution < -0.4 is 10.0 Å². The minimum Gasteiger partial charge on any atom is -0.490 e. The predicted octanol–water partition coefficient (Wildman–Crippen LogP) is 1.79. The molecule has 86 valence electrons. The highest BCUT2D eigenvalue weighted by Gasteiger charge is 2.22. The van der Waals surface area contributed by atoms with Gasteiger partial charge in [0.25, 0.3) is 0 Å². The van der Waals surface area contributed by atoms with Crippen LogP contribution in [0.15, 0.2) is 18.1 Å². The first-order chi connectivity index (χ1) is 12.8. The summed E-state index contributed by atoms with van der Waals surface area (Å²) in [6, 6.07) is -3.36. The van der Waals surface area contributed by atoms with Gasteiger partial charge in [0.2, 0.25) is 0 Å². The van der Waals surface area contributed by atoms with E-state index >= 15 is 0 Å². The second kappa shape index (κ2) is 4.43. The zero-order chi connectivity index (χ0) is 22.7. The first-order valence-corrected chi connectivity index (χ1v) is 4.16. The Morgan fingerprint density at radius 3 is 3.06 bits per heavy atom. The van der Waals surface area contributed by atoms with Gasteiger partial charge in [-0.25, -0.2) is 4.79 Å². The van der Waals surface area contributed by atoms with Crippen molar-refractivity contribution in [1.82, 2.24) is 5.31 Å². The van der Waals surface area contributed by atoms with Crippen LogP contribution in [0.25, 0.3) is 0 Å². The smallest absolute Gasteiger partial charge is 0.407 e. The number of hydrogen-bond donors (Lipinski definition) is 1. The highest BCUT2D eigenvalue weighted by molar-refractivity contribution is 5.69. The molecule has 0 spiro atoms. The summed E-state index contributed by atoms with van der Waals surface area (Å²) in [5, 5.41) is 0.131. The molecule has 1 heterocycles. The normalized spacial score (nSPS) is 38.6. The number of rotatable bonds is 3. The van der Waals surface area contributed by atoms with Crippen LogP contribution in [0.1, 0.15) is 27.6 Å². The van der Waals surface area contributed by atoms with Gasteiger partial charge in [-0.05, 0) is 36.9 Å². The van der Waals surface area contributed by atoms with E-state index in [0.29, 0.717) is 0 Å². The van der Waals surface area contributed by atoms with Gasteiger partial charge in [0.1, 0.15) is 12.3 Å². The number of benzene rings is 1. The van der Waals surface area contributed by atoms with Crippen molar-refractivity contribution < 1.29 is 32.1 Å². The quantitative estimate of drug-likeness (QED) is 0.867. The molecule has 1 unspecified atom stereocenters. The summed E-state index contributed by atoms with van der Waals surface area (Å²) >= 11 is 0. The molecule has 2 rings (SSSR count). The second-order valence-corrected chi connectivity index (χ2v) is 2.77. The van der Waals surface area contributed by atoms with E-state index in [4.69, 9.17) is 22.6 Å². The van der Waals surface area contributed by atoms with Crippen molar-refractivity contribution >= 4 is 6.09 Å². The number of carbonyl (C=O) groups excluding carboxylic acids is 1. The summed E-state index contributed by atoms with van der Waals surface area (Å²) in [5.41, 5.74) is -2.15. The van der Waals surface area contributed by atoms with E-state index in [1.165, 1.54) is 0 Å². The van der Waals surface area contributed by atoms with Gasteiger partial charge in [-0.1, -0.05) is 6.04 Å². The van der Waals surface area contributed by atoms with E-state index in [1.54, 1.807) is 0 Å². The maximum Gasteiger partial charge on any atom is 0.407 e. The first-order valence-electron chi connectivity index (χ1n) is 10.6. The van der Waals surface area contributed by atoms with Crippen LogP contribution in [0.5, 0.6) is 5.75 Å². The van der Waals surface area contributed by atoms with E-state index in [2.05, 4.69) is 4.74 Å². The number of alkyl carbamates (subject to hydrolysis) is 1. The largest absolute Gasteiger partial charge is 0.490 e. The van der Waals surface area contributed by atoms with Crippen molar-refractivity contribution in [1.29, 1.82) is 0 Å². The van der Waals surface area contributed by atoms with Crippen LogP contribution in [0.4, 0.5) is 4.79 Å². The fourth-order valence-corrected chi connectivity index (χ4v) is 0.964. The van der Waals surface area contributed by atoms with Crippen molar-refractivity contribution in [2.24, 2.45) is 0 Å². The molecule has 1 aromatic rings. The molecular formula is C12H15NO3. The molecule has 4 nitrogen and oxygen atoms in total. The summed E-state index contributed by atoms with van der Waals surface area (Å²) in [5.74, 6) is -1.14. The van der Waals surface area contributed by atoms with E-state index in [9.17, 15) is 4.79 Å². The van der Waals surface area contributed by atoms with Gasteiger partial charge in [0.15, 0.2) is 7.49 Å². The van der Waals surface area contributed by atoms with Gasteiger partial charge < -0.3 is 14.8 Å². The lowest BCUT2D eigenvalue weighted by Crippen LogP contribution is -2.21. The zero-order valence-electron chi connectivity index (χ0n) is 20.9. The van der Waals surface area contributed by atoms with Gasteiger partial charge in [0, 0.05) is 8.22 Å². The average Bonchev–Trinajstić information content (AvgIpc) is 2.75.